The number of aryl methyl sites for hydroxylation is 1. The normalized spacial score (nSPS) is 12.7. The van der Waals surface area contributed by atoms with E-state index in [9.17, 15) is 27.9 Å². The van der Waals surface area contributed by atoms with Crippen molar-refractivity contribution in [2.45, 2.75) is 51.2 Å². The fourth-order valence-corrected chi connectivity index (χ4v) is 4.55. The van der Waals surface area contributed by atoms with Crippen LogP contribution < -0.4 is 9.64 Å². The molecule has 0 aliphatic rings. The van der Waals surface area contributed by atoms with Gasteiger partial charge in [-0.1, -0.05) is 42.0 Å². The molecule has 1 amide bonds. The summed E-state index contributed by atoms with van der Waals surface area (Å²) < 4.78 is 44.6. The summed E-state index contributed by atoms with van der Waals surface area (Å²) in [5, 5.41) is 11.7. The second-order valence-electron chi connectivity index (χ2n) is 10.2. The quantitative estimate of drug-likeness (QED) is 0.135. The minimum absolute atomic E-state index is 0.0585. The molecule has 0 aliphatic heterocycles. The number of ether oxygens (including phenoxy) is 2. The van der Waals surface area contributed by atoms with E-state index in [0.29, 0.717) is 11.3 Å². The summed E-state index contributed by atoms with van der Waals surface area (Å²) >= 11 is 0. The lowest BCUT2D eigenvalue weighted by Gasteiger charge is -2.24. The largest absolute Gasteiger partial charge is 0.479 e. The zero-order valence-corrected chi connectivity index (χ0v) is 23.9. The highest BCUT2D eigenvalue weighted by Gasteiger charge is 2.24. The number of benzene rings is 3. The second-order valence-corrected chi connectivity index (χ2v) is 11.6. The van der Waals surface area contributed by atoms with Crippen molar-refractivity contribution in [1.29, 1.82) is 0 Å². The molecular formula is C29H32N2O8S. The van der Waals surface area contributed by atoms with Crippen LogP contribution in [0.2, 0.25) is 0 Å². The third kappa shape index (κ3) is 7.90. The van der Waals surface area contributed by atoms with Gasteiger partial charge in [-0.3, -0.25) is 19.6 Å². The number of nitrogens with zero attached hydrogens (tertiary/aromatic N) is 2. The molecule has 10 nitrogen and oxygen atoms in total. The lowest BCUT2D eigenvalue weighted by Crippen LogP contribution is -2.34. The Morgan fingerprint density at radius 3 is 2.20 bits per heavy atom. The second kappa shape index (κ2) is 11.9. The van der Waals surface area contributed by atoms with Gasteiger partial charge in [0.1, 0.15) is 16.6 Å². The van der Waals surface area contributed by atoms with Crippen molar-refractivity contribution in [3.63, 3.8) is 0 Å². The van der Waals surface area contributed by atoms with Gasteiger partial charge in [-0.2, -0.15) is 8.42 Å². The third-order valence-electron chi connectivity index (χ3n) is 5.78. The molecule has 3 aromatic carbocycles. The van der Waals surface area contributed by atoms with Crippen molar-refractivity contribution in [2.24, 2.45) is 0 Å². The molecule has 1 unspecified atom stereocenters. The Bertz CT molecular complexity index is 1540. The minimum Gasteiger partial charge on any atom is -0.479 e. The van der Waals surface area contributed by atoms with E-state index in [1.54, 1.807) is 78.1 Å². The number of rotatable bonds is 8. The van der Waals surface area contributed by atoms with Crippen LogP contribution in [-0.2, 0) is 14.9 Å². The number of carbonyl (C=O) groups excluding carboxylic acids is 1. The van der Waals surface area contributed by atoms with Crippen LogP contribution in [0.4, 0.5) is 16.2 Å². The zero-order valence-electron chi connectivity index (χ0n) is 23.1. The van der Waals surface area contributed by atoms with Crippen LogP contribution in [0.3, 0.4) is 0 Å². The van der Waals surface area contributed by atoms with E-state index in [0.717, 1.165) is 11.1 Å². The van der Waals surface area contributed by atoms with E-state index >= 15 is 0 Å². The van der Waals surface area contributed by atoms with Crippen LogP contribution >= 0.6 is 0 Å². The van der Waals surface area contributed by atoms with Gasteiger partial charge in [0, 0.05) is 24.4 Å². The molecule has 0 heterocycles. The smallest absolute Gasteiger partial charge is 0.414 e. The lowest BCUT2D eigenvalue weighted by atomic mass is 10.1. The molecular weight excluding hydrogens is 536 g/mol. The molecule has 0 saturated heterocycles. The molecule has 3 rings (SSSR count). The molecule has 40 heavy (non-hydrogen) atoms. The van der Waals surface area contributed by atoms with Crippen LogP contribution in [0.5, 0.6) is 5.75 Å². The Morgan fingerprint density at radius 1 is 1.02 bits per heavy atom. The van der Waals surface area contributed by atoms with E-state index < -0.39 is 32.8 Å². The van der Waals surface area contributed by atoms with Gasteiger partial charge in [0.2, 0.25) is 0 Å². The van der Waals surface area contributed by atoms with Crippen molar-refractivity contribution in [3.05, 3.63) is 93.0 Å². The number of nitro benzene ring substituents is 1. The molecule has 0 fully saturated rings. The minimum atomic E-state index is -4.54. The predicted octanol–water partition coefficient (Wildman–Crippen LogP) is 6.83. The van der Waals surface area contributed by atoms with E-state index in [4.69, 9.17) is 9.47 Å². The van der Waals surface area contributed by atoms with Crippen molar-refractivity contribution in [2.75, 3.05) is 11.9 Å². The standard InChI is InChI=1S/C29H32N2O8S/c1-19-7-16-27(40(35,36)37)24(17-19)20(2)38-26-18-22(12-15-25(26)31(33)34)9-8-21-10-13-23(14-11-21)30(6)28(32)39-29(3,4)5/h7-18,20H,1-6H3,(H,35,36,37)/b9-8+. The first-order chi connectivity index (χ1) is 18.5. The van der Waals surface area contributed by atoms with Crippen molar-refractivity contribution < 1.29 is 32.2 Å². The summed E-state index contributed by atoms with van der Waals surface area (Å²) in [6, 6.07) is 15.9. The average molecular weight is 569 g/mol. The molecule has 3 aromatic rings. The number of carbonyl (C=O) groups is 1. The predicted molar refractivity (Wildman–Crippen MR) is 153 cm³/mol. The first-order valence-corrected chi connectivity index (χ1v) is 13.8. The number of anilines is 1. The Kier molecular flexibility index (Phi) is 9.01. The lowest BCUT2D eigenvalue weighted by molar-refractivity contribution is -0.386. The van der Waals surface area contributed by atoms with E-state index in [-0.39, 0.29) is 21.9 Å². The van der Waals surface area contributed by atoms with Gasteiger partial charge in [-0.05, 0) is 76.1 Å². The Balaban J connectivity index is 1.84. The summed E-state index contributed by atoms with van der Waals surface area (Å²) in [6.45, 7) is 8.68. The van der Waals surface area contributed by atoms with E-state index in [1.165, 1.54) is 29.2 Å². The molecule has 0 spiro atoms. The van der Waals surface area contributed by atoms with Gasteiger partial charge in [0.25, 0.3) is 10.1 Å². The van der Waals surface area contributed by atoms with Gasteiger partial charge in [0.15, 0.2) is 5.75 Å². The van der Waals surface area contributed by atoms with Crippen molar-refractivity contribution >= 4 is 39.7 Å². The molecule has 0 bridgehead atoms. The molecule has 0 aromatic heterocycles. The zero-order chi connectivity index (χ0) is 29.8. The highest BCUT2D eigenvalue weighted by atomic mass is 32.2. The first-order valence-electron chi connectivity index (χ1n) is 12.3. The fraction of sp³-hybridized carbons (Fsp3) is 0.276. The molecule has 1 atom stereocenters. The van der Waals surface area contributed by atoms with Crippen LogP contribution in [0, 0.1) is 17.0 Å². The summed E-state index contributed by atoms with van der Waals surface area (Å²) in [6.07, 6.45) is 2.13. The van der Waals surface area contributed by atoms with Crippen molar-refractivity contribution in [1.82, 2.24) is 0 Å². The number of nitro groups is 1. The van der Waals surface area contributed by atoms with Gasteiger partial charge in [-0.15, -0.1) is 0 Å². The van der Waals surface area contributed by atoms with Gasteiger partial charge >= 0.3 is 11.8 Å². The third-order valence-corrected chi connectivity index (χ3v) is 6.71. The summed E-state index contributed by atoms with van der Waals surface area (Å²) in [5.74, 6) is -0.0585. The van der Waals surface area contributed by atoms with Crippen LogP contribution in [-0.4, -0.2) is 36.6 Å². The van der Waals surface area contributed by atoms with Gasteiger partial charge < -0.3 is 9.47 Å². The highest BCUT2D eigenvalue weighted by molar-refractivity contribution is 7.85. The molecule has 11 heteroatoms. The summed E-state index contributed by atoms with van der Waals surface area (Å²) in [5.41, 5.74) is 2.06. The summed E-state index contributed by atoms with van der Waals surface area (Å²) in [7, 11) is -2.92. The monoisotopic (exact) mass is 568 g/mol. The number of amides is 1. The fourth-order valence-electron chi connectivity index (χ4n) is 3.79. The maximum Gasteiger partial charge on any atom is 0.414 e. The highest BCUT2D eigenvalue weighted by Crippen LogP contribution is 2.34. The maximum absolute atomic E-state index is 12.3. The Morgan fingerprint density at radius 2 is 1.62 bits per heavy atom. The topological polar surface area (TPSA) is 136 Å². The molecule has 0 radical (unpaired) electrons. The van der Waals surface area contributed by atoms with Crippen LogP contribution in [0.1, 0.15) is 56.1 Å². The molecule has 1 N–H and O–H groups in total. The van der Waals surface area contributed by atoms with Crippen LogP contribution in [0.25, 0.3) is 12.2 Å². The Labute approximate surface area is 233 Å². The number of hydrogen-bond donors (Lipinski definition) is 1. The van der Waals surface area contributed by atoms with Gasteiger partial charge in [-0.25, -0.2) is 4.79 Å². The number of hydrogen-bond acceptors (Lipinski definition) is 7. The van der Waals surface area contributed by atoms with E-state index in [1.807, 2.05) is 12.1 Å². The maximum atomic E-state index is 12.3. The molecule has 0 aliphatic carbocycles. The molecule has 212 valence electrons. The first kappa shape index (κ1) is 30.3. The van der Waals surface area contributed by atoms with Crippen molar-refractivity contribution in [3.8, 4) is 5.75 Å². The summed E-state index contributed by atoms with van der Waals surface area (Å²) in [4.78, 5) is 24.4. The van der Waals surface area contributed by atoms with E-state index in [2.05, 4.69) is 0 Å². The average Bonchev–Trinajstić information content (AvgIpc) is 2.85. The Hall–Kier alpha value is -4.22. The molecule has 0 saturated carbocycles. The van der Waals surface area contributed by atoms with Gasteiger partial charge in [0.05, 0.1) is 4.92 Å². The van der Waals surface area contributed by atoms with Crippen LogP contribution in [0.15, 0.2) is 65.6 Å². The SMILES string of the molecule is Cc1ccc(S(=O)(=O)O)c(C(C)Oc2cc(/C=C/c3ccc(N(C)C(=O)OC(C)(C)C)cc3)ccc2[N+](=O)[O-])c1.